The van der Waals surface area contributed by atoms with Crippen LogP contribution in [0.3, 0.4) is 0 Å². The van der Waals surface area contributed by atoms with E-state index in [4.69, 9.17) is 0 Å². The number of rotatable bonds is 3. The first kappa shape index (κ1) is 13.0. The third-order valence-corrected chi connectivity index (χ3v) is 3.65. The number of carbonyl (C=O) groups is 1. The van der Waals surface area contributed by atoms with Crippen molar-refractivity contribution in [2.24, 2.45) is 5.92 Å². The number of hydrogen-bond donors (Lipinski definition) is 2. The van der Waals surface area contributed by atoms with E-state index in [0.29, 0.717) is 5.56 Å². The van der Waals surface area contributed by atoms with Gasteiger partial charge in [0.1, 0.15) is 5.82 Å². The fraction of sp³-hybridized carbons (Fsp3) is 0.500. The number of halogens is 1. The minimum absolute atomic E-state index is 0.0394. The van der Waals surface area contributed by atoms with E-state index in [1.54, 1.807) is 19.1 Å². The number of aliphatic hydroxyl groups excluding tert-OH is 1. The monoisotopic (exact) mass is 251 g/mol. The van der Waals surface area contributed by atoms with E-state index in [0.717, 1.165) is 19.3 Å². The number of aryl methyl sites for hydroxylation is 1. The second kappa shape index (κ2) is 5.48. The molecule has 1 aliphatic carbocycles. The van der Waals surface area contributed by atoms with E-state index < -0.39 is 5.82 Å². The van der Waals surface area contributed by atoms with Gasteiger partial charge in [0.15, 0.2) is 0 Å². The van der Waals surface area contributed by atoms with Gasteiger partial charge < -0.3 is 10.4 Å². The predicted octanol–water partition coefficient (Wildman–Crippen LogP) is 2.02. The standard InChI is InChI=1S/C14H18FNO2/c1-9-4-2-6-11(13(9)15)14(18)16-12-7-3-5-10(12)8-17/h2,4,6,10,12,17H,3,5,7-8H2,1H3,(H,16,18). The molecule has 2 N–H and O–H groups in total. The molecule has 0 saturated heterocycles. The molecule has 0 heterocycles. The van der Waals surface area contributed by atoms with Crippen LogP contribution in [-0.4, -0.2) is 23.7 Å². The zero-order valence-corrected chi connectivity index (χ0v) is 10.4. The van der Waals surface area contributed by atoms with Gasteiger partial charge in [-0.3, -0.25) is 4.79 Å². The van der Waals surface area contributed by atoms with E-state index in [1.165, 1.54) is 6.07 Å². The molecule has 1 fully saturated rings. The van der Waals surface area contributed by atoms with E-state index >= 15 is 0 Å². The summed E-state index contributed by atoms with van der Waals surface area (Å²) in [4.78, 5) is 12.0. The van der Waals surface area contributed by atoms with Crippen molar-refractivity contribution in [3.8, 4) is 0 Å². The summed E-state index contributed by atoms with van der Waals surface area (Å²) < 4.78 is 13.8. The Morgan fingerprint density at radius 1 is 1.50 bits per heavy atom. The Hall–Kier alpha value is -1.42. The van der Waals surface area contributed by atoms with Crippen LogP contribution in [0.1, 0.15) is 35.2 Å². The molecule has 0 spiro atoms. The van der Waals surface area contributed by atoms with Crippen molar-refractivity contribution < 1.29 is 14.3 Å². The highest BCUT2D eigenvalue weighted by atomic mass is 19.1. The lowest BCUT2D eigenvalue weighted by Crippen LogP contribution is -2.38. The Kier molecular flexibility index (Phi) is 3.97. The largest absolute Gasteiger partial charge is 0.396 e. The lowest BCUT2D eigenvalue weighted by Gasteiger charge is -2.19. The van der Waals surface area contributed by atoms with Crippen LogP contribution in [0.2, 0.25) is 0 Å². The molecule has 0 aromatic heterocycles. The quantitative estimate of drug-likeness (QED) is 0.863. The lowest BCUT2D eigenvalue weighted by atomic mass is 10.0. The zero-order valence-electron chi connectivity index (χ0n) is 10.4. The molecule has 3 nitrogen and oxygen atoms in total. The van der Waals surface area contributed by atoms with Crippen molar-refractivity contribution in [2.45, 2.75) is 32.2 Å². The summed E-state index contributed by atoms with van der Waals surface area (Å²) in [5, 5.41) is 12.0. The molecule has 0 aliphatic heterocycles. The fourth-order valence-corrected chi connectivity index (χ4v) is 2.51. The highest BCUT2D eigenvalue weighted by molar-refractivity contribution is 5.94. The Bertz CT molecular complexity index is 447. The summed E-state index contributed by atoms with van der Waals surface area (Å²) in [6.45, 7) is 1.71. The fourth-order valence-electron chi connectivity index (χ4n) is 2.51. The van der Waals surface area contributed by atoms with Crippen molar-refractivity contribution in [3.05, 3.63) is 35.1 Å². The predicted molar refractivity (Wildman–Crippen MR) is 66.8 cm³/mol. The molecule has 2 unspecified atom stereocenters. The van der Waals surface area contributed by atoms with E-state index in [2.05, 4.69) is 5.32 Å². The highest BCUT2D eigenvalue weighted by Crippen LogP contribution is 2.25. The lowest BCUT2D eigenvalue weighted by molar-refractivity contribution is 0.0912. The summed E-state index contributed by atoms with van der Waals surface area (Å²) in [5.41, 5.74) is 0.548. The van der Waals surface area contributed by atoms with Gasteiger partial charge in [0.2, 0.25) is 0 Å². The normalized spacial score (nSPS) is 23.1. The molecular formula is C14H18FNO2. The first-order valence-electron chi connectivity index (χ1n) is 6.30. The first-order chi connectivity index (χ1) is 8.63. The van der Waals surface area contributed by atoms with Gasteiger partial charge in [0.05, 0.1) is 5.56 Å². The summed E-state index contributed by atoms with van der Waals surface area (Å²) in [7, 11) is 0. The maximum absolute atomic E-state index is 13.8. The van der Waals surface area contributed by atoms with E-state index in [-0.39, 0.29) is 30.0 Å². The van der Waals surface area contributed by atoms with Crippen LogP contribution in [0.25, 0.3) is 0 Å². The maximum atomic E-state index is 13.8. The number of amides is 1. The molecule has 18 heavy (non-hydrogen) atoms. The summed E-state index contributed by atoms with van der Waals surface area (Å²) in [6.07, 6.45) is 2.76. The molecule has 1 aromatic carbocycles. The number of carbonyl (C=O) groups excluding carboxylic acids is 1. The molecule has 1 saturated carbocycles. The molecule has 98 valence electrons. The summed E-state index contributed by atoms with van der Waals surface area (Å²) in [5.74, 6) is -0.753. The number of nitrogens with one attached hydrogen (secondary N) is 1. The van der Waals surface area contributed by atoms with Crippen molar-refractivity contribution in [2.75, 3.05) is 6.61 Å². The molecule has 0 radical (unpaired) electrons. The Morgan fingerprint density at radius 2 is 2.28 bits per heavy atom. The molecule has 1 amide bonds. The van der Waals surface area contributed by atoms with Crippen LogP contribution in [0, 0.1) is 18.7 Å². The van der Waals surface area contributed by atoms with Gasteiger partial charge in [-0.25, -0.2) is 4.39 Å². The molecular weight excluding hydrogens is 233 g/mol. The van der Waals surface area contributed by atoms with Gasteiger partial charge in [0.25, 0.3) is 5.91 Å². The van der Waals surface area contributed by atoms with Gasteiger partial charge in [-0.05, 0) is 31.4 Å². The molecule has 0 bridgehead atoms. The van der Waals surface area contributed by atoms with E-state index in [1.807, 2.05) is 0 Å². The van der Waals surface area contributed by atoms with Crippen molar-refractivity contribution in [1.82, 2.24) is 5.32 Å². The van der Waals surface area contributed by atoms with Crippen molar-refractivity contribution in [3.63, 3.8) is 0 Å². The van der Waals surface area contributed by atoms with Crippen LogP contribution in [0.4, 0.5) is 4.39 Å². The van der Waals surface area contributed by atoms with Gasteiger partial charge in [0, 0.05) is 18.6 Å². The molecule has 1 aromatic rings. The topological polar surface area (TPSA) is 49.3 Å². The minimum atomic E-state index is -0.464. The number of hydrogen-bond acceptors (Lipinski definition) is 2. The molecule has 4 heteroatoms. The molecule has 2 atom stereocenters. The van der Waals surface area contributed by atoms with Crippen molar-refractivity contribution in [1.29, 1.82) is 0 Å². The Morgan fingerprint density at radius 3 is 3.00 bits per heavy atom. The van der Waals surface area contributed by atoms with Gasteiger partial charge in [-0.1, -0.05) is 18.6 Å². The second-order valence-electron chi connectivity index (χ2n) is 4.89. The second-order valence-corrected chi connectivity index (χ2v) is 4.89. The number of benzene rings is 1. The van der Waals surface area contributed by atoms with Crippen LogP contribution >= 0.6 is 0 Å². The van der Waals surface area contributed by atoms with Crippen molar-refractivity contribution >= 4 is 5.91 Å². The molecule has 1 aliphatic rings. The van der Waals surface area contributed by atoms with E-state index in [9.17, 15) is 14.3 Å². The average molecular weight is 251 g/mol. The molecule has 2 rings (SSSR count). The summed E-state index contributed by atoms with van der Waals surface area (Å²) in [6, 6.07) is 4.76. The highest BCUT2D eigenvalue weighted by Gasteiger charge is 2.28. The number of aliphatic hydroxyl groups is 1. The zero-order chi connectivity index (χ0) is 13.1. The van der Waals surface area contributed by atoms with Gasteiger partial charge in [-0.2, -0.15) is 0 Å². The van der Waals surface area contributed by atoms with Crippen LogP contribution in [0.5, 0.6) is 0 Å². The third kappa shape index (κ3) is 2.53. The van der Waals surface area contributed by atoms with Gasteiger partial charge >= 0.3 is 0 Å². The summed E-state index contributed by atoms with van der Waals surface area (Å²) >= 11 is 0. The van der Waals surface area contributed by atoms with Crippen LogP contribution in [-0.2, 0) is 0 Å². The van der Waals surface area contributed by atoms with Crippen LogP contribution < -0.4 is 5.32 Å². The average Bonchev–Trinajstić information content (AvgIpc) is 2.79. The smallest absolute Gasteiger partial charge is 0.254 e. The van der Waals surface area contributed by atoms with Gasteiger partial charge in [-0.15, -0.1) is 0 Å². The SMILES string of the molecule is Cc1cccc(C(=O)NC2CCCC2CO)c1F. The minimum Gasteiger partial charge on any atom is -0.396 e. The first-order valence-corrected chi connectivity index (χ1v) is 6.30. The maximum Gasteiger partial charge on any atom is 0.254 e. The Balaban J connectivity index is 2.10. The van der Waals surface area contributed by atoms with Crippen LogP contribution in [0.15, 0.2) is 18.2 Å². The third-order valence-electron chi connectivity index (χ3n) is 3.65. The Labute approximate surface area is 106 Å².